The van der Waals surface area contributed by atoms with Gasteiger partial charge in [0.2, 0.25) is 5.95 Å². The van der Waals surface area contributed by atoms with E-state index in [1.54, 1.807) is 7.11 Å². The number of urea groups is 1. The number of carbonyl (C=O) groups is 1. The summed E-state index contributed by atoms with van der Waals surface area (Å²) in [4.78, 5) is 30.6. The van der Waals surface area contributed by atoms with E-state index in [1.165, 1.54) is 0 Å². The first-order chi connectivity index (χ1) is 17.5. The fourth-order valence-electron chi connectivity index (χ4n) is 4.52. The first kappa shape index (κ1) is 24.0. The third kappa shape index (κ3) is 5.27. The van der Waals surface area contributed by atoms with Gasteiger partial charge in [-0.05, 0) is 26.7 Å². The largest absolute Gasteiger partial charge is 0.383 e. The van der Waals surface area contributed by atoms with Crippen molar-refractivity contribution in [2.24, 2.45) is 0 Å². The van der Waals surface area contributed by atoms with Crippen molar-refractivity contribution < 1.29 is 9.53 Å². The van der Waals surface area contributed by atoms with Crippen LogP contribution in [0.15, 0.2) is 24.5 Å². The van der Waals surface area contributed by atoms with E-state index in [4.69, 9.17) is 14.7 Å². The summed E-state index contributed by atoms with van der Waals surface area (Å²) in [5.41, 5.74) is 1.02. The molecule has 3 aromatic heterocycles. The maximum atomic E-state index is 12.0. The van der Waals surface area contributed by atoms with Crippen LogP contribution in [-0.2, 0) is 4.74 Å². The van der Waals surface area contributed by atoms with E-state index < -0.39 is 0 Å². The lowest BCUT2D eigenvalue weighted by molar-refractivity contribution is 0.194. The lowest BCUT2D eigenvalue weighted by atomic mass is 10.1. The molecule has 0 bridgehead atoms. The van der Waals surface area contributed by atoms with Crippen LogP contribution >= 0.6 is 0 Å². The fraction of sp³-hybridized carbons (Fsp3) is 0.542. The molecule has 5 rings (SSSR count). The Morgan fingerprint density at radius 3 is 2.67 bits per heavy atom. The number of methoxy groups -OCH3 is 1. The van der Waals surface area contributed by atoms with Gasteiger partial charge in [0.25, 0.3) is 0 Å². The zero-order valence-corrected chi connectivity index (χ0v) is 21.1. The molecular formula is C24H34N10O2. The van der Waals surface area contributed by atoms with E-state index in [2.05, 4.69) is 49.7 Å². The standard InChI is InChI=1S/C24H34N10O2/c1-16(2)34-19-10-20(26-12-17(19)13-27-34)29-21-11-22(32-7-4-5-8-32)31-23(30-21)33-14-18(15-33)28-24(35)25-6-9-36-3/h10-13,16,18H,4-9,14-15H2,1-3H3,(H2,25,28,35)(H,26,29,30,31). The lowest BCUT2D eigenvalue weighted by Crippen LogP contribution is -2.61. The molecule has 2 saturated heterocycles. The number of aromatic nitrogens is 5. The molecule has 0 aromatic carbocycles. The monoisotopic (exact) mass is 494 g/mol. The van der Waals surface area contributed by atoms with E-state index in [1.807, 2.05) is 29.2 Å². The van der Waals surface area contributed by atoms with Gasteiger partial charge in [0.1, 0.15) is 17.5 Å². The van der Waals surface area contributed by atoms with Crippen LogP contribution in [0, 0.1) is 0 Å². The summed E-state index contributed by atoms with van der Waals surface area (Å²) < 4.78 is 6.95. The lowest BCUT2D eigenvalue weighted by Gasteiger charge is -2.39. The van der Waals surface area contributed by atoms with Gasteiger partial charge in [0, 0.05) is 69.6 Å². The summed E-state index contributed by atoms with van der Waals surface area (Å²) in [6, 6.07) is 4.10. The van der Waals surface area contributed by atoms with Gasteiger partial charge in [-0.2, -0.15) is 15.1 Å². The van der Waals surface area contributed by atoms with Crippen LogP contribution in [-0.4, -0.2) is 83.2 Å². The molecule has 0 unspecified atom stereocenters. The van der Waals surface area contributed by atoms with Gasteiger partial charge in [-0.25, -0.2) is 9.78 Å². The molecule has 2 aliphatic rings. The molecule has 0 aliphatic carbocycles. The summed E-state index contributed by atoms with van der Waals surface area (Å²) in [5.74, 6) is 2.95. The Labute approximate surface area is 210 Å². The number of hydrogen-bond acceptors (Lipinski definition) is 9. The predicted octanol–water partition coefficient (Wildman–Crippen LogP) is 2.28. The highest BCUT2D eigenvalue weighted by atomic mass is 16.5. The first-order valence-corrected chi connectivity index (χ1v) is 12.5. The number of nitrogens with one attached hydrogen (secondary N) is 3. The summed E-state index contributed by atoms with van der Waals surface area (Å²) in [5, 5.41) is 14.6. The topological polar surface area (TPSA) is 125 Å². The van der Waals surface area contributed by atoms with E-state index in [0.29, 0.717) is 43.8 Å². The van der Waals surface area contributed by atoms with Gasteiger partial charge in [0.15, 0.2) is 0 Å². The minimum absolute atomic E-state index is 0.0448. The van der Waals surface area contributed by atoms with Crippen LogP contribution in [0.4, 0.5) is 28.2 Å². The normalized spacial score (nSPS) is 16.0. The van der Waals surface area contributed by atoms with Crippen molar-refractivity contribution in [3.05, 3.63) is 24.5 Å². The molecule has 5 heterocycles. The number of carbonyl (C=O) groups excluding carboxylic acids is 1. The highest BCUT2D eigenvalue weighted by Crippen LogP contribution is 2.28. The van der Waals surface area contributed by atoms with Gasteiger partial charge in [-0.15, -0.1) is 0 Å². The number of anilines is 4. The zero-order chi connectivity index (χ0) is 25.1. The van der Waals surface area contributed by atoms with Gasteiger partial charge >= 0.3 is 6.03 Å². The van der Waals surface area contributed by atoms with Gasteiger partial charge in [-0.3, -0.25) is 4.68 Å². The third-order valence-corrected chi connectivity index (χ3v) is 6.45. The van der Waals surface area contributed by atoms with Crippen molar-refractivity contribution in [2.45, 2.75) is 38.8 Å². The van der Waals surface area contributed by atoms with Gasteiger partial charge in [-0.1, -0.05) is 0 Å². The van der Waals surface area contributed by atoms with Crippen molar-refractivity contribution in [2.75, 3.05) is 61.6 Å². The zero-order valence-electron chi connectivity index (χ0n) is 21.1. The molecular weight excluding hydrogens is 460 g/mol. The molecule has 0 radical (unpaired) electrons. The quantitative estimate of drug-likeness (QED) is 0.384. The van der Waals surface area contributed by atoms with Crippen LogP contribution in [0.5, 0.6) is 0 Å². The van der Waals surface area contributed by atoms with Crippen LogP contribution in [0.1, 0.15) is 32.7 Å². The van der Waals surface area contributed by atoms with E-state index >= 15 is 0 Å². The van der Waals surface area contributed by atoms with E-state index in [-0.39, 0.29) is 18.1 Å². The van der Waals surface area contributed by atoms with Crippen molar-refractivity contribution >= 4 is 40.3 Å². The van der Waals surface area contributed by atoms with Crippen molar-refractivity contribution in [1.82, 2.24) is 35.4 Å². The number of nitrogens with zero attached hydrogens (tertiary/aromatic N) is 7. The molecule has 192 valence electrons. The van der Waals surface area contributed by atoms with Crippen LogP contribution in [0.3, 0.4) is 0 Å². The molecule has 0 saturated carbocycles. The maximum Gasteiger partial charge on any atom is 0.315 e. The molecule has 3 aromatic rings. The van der Waals surface area contributed by atoms with Gasteiger partial charge < -0.3 is 30.5 Å². The number of rotatable bonds is 9. The summed E-state index contributed by atoms with van der Waals surface area (Å²) in [6.07, 6.45) is 5.99. The Balaban J connectivity index is 1.32. The second-order valence-electron chi connectivity index (χ2n) is 9.54. The van der Waals surface area contributed by atoms with Crippen LogP contribution in [0.2, 0.25) is 0 Å². The fourth-order valence-corrected chi connectivity index (χ4v) is 4.52. The molecule has 2 amide bonds. The van der Waals surface area contributed by atoms with Gasteiger partial charge in [0.05, 0.1) is 24.4 Å². The second-order valence-corrected chi connectivity index (χ2v) is 9.54. The maximum absolute atomic E-state index is 12.0. The Morgan fingerprint density at radius 2 is 1.92 bits per heavy atom. The molecule has 3 N–H and O–H groups in total. The smallest absolute Gasteiger partial charge is 0.315 e. The summed E-state index contributed by atoms with van der Waals surface area (Å²) in [6.45, 7) is 8.45. The molecule has 0 spiro atoms. The molecule has 2 fully saturated rings. The van der Waals surface area contributed by atoms with Crippen molar-refractivity contribution in [3.8, 4) is 0 Å². The van der Waals surface area contributed by atoms with Crippen LogP contribution in [0.25, 0.3) is 10.9 Å². The average molecular weight is 495 g/mol. The second kappa shape index (κ2) is 10.5. The molecule has 36 heavy (non-hydrogen) atoms. The third-order valence-electron chi connectivity index (χ3n) is 6.45. The number of ether oxygens (including phenoxy) is 1. The SMILES string of the molecule is COCCNC(=O)NC1CN(c2nc(Nc3cc4c(cn3)cnn4C(C)C)cc(N3CCCC3)n2)C1. The van der Waals surface area contributed by atoms with Crippen LogP contribution < -0.4 is 25.8 Å². The van der Waals surface area contributed by atoms with E-state index in [0.717, 1.165) is 42.7 Å². The number of fused-ring (bicyclic) bond motifs is 1. The average Bonchev–Trinajstić information content (AvgIpc) is 3.51. The van der Waals surface area contributed by atoms with Crippen molar-refractivity contribution in [3.63, 3.8) is 0 Å². The number of amides is 2. The Bertz CT molecular complexity index is 1200. The Kier molecular flexibility index (Phi) is 7.03. The highest BCUT2D eigenvalue weighted by molar-refractivity contribution is 5.81. The molecule has 2 aliphatic heterocycles. The van der Waals surface area contributed by atoms with E-state index in [9.17, 15) is 4.79 Å². The minimum Gasteiger partial charge on any atom is -0.383 e. The number of pyridine rings is 1. The van der Waals surface area contributed by atoms with Crippen molar-refractivity contribution in [1.29, 1.82) is 0 Å². The predicted molar refractivity (Wildman–Crippen MR) is 139 cm³/mol. The summed E-state index contributed by atoms with van der Waals surface area (Å²) in [7, 11) is 1.61. The highest BCUT2D eigenvalue weighted by Gasteiger charge is 2.31. The molecule has 12 heteroatoms. The number of hydrogen-bond donors (Lipinski definition) is 3. The molecule has 0 atom stereocenters. The first-order valence-electron chi connectivity index (χ1n) is 12.5. The molecule has 12 nitrogen and oxygen atoms in total. The summed E-state index contributed by atoms with van der Waals surface area (Å²) >= 11 is 0. The Hall–Kier alpha value is -3.67. The Morgan fingerprint density at radius 1 is 1.11 bits per heavy atom. The minimum atomic E-state index is -0.187.